The number of primary sulfonamides is 1. The van der Waals surface area contributed by atoms with Gasteiger partial charge in [0.1, 0.15) is 17.2 Å². The van der Waals surface area contributed by atoms with Gasteiger partial charge in [-0.15, -0.1) is 0 Å². The van der Waals surface area contributed by atoms with E-state index >= 15 is 0 Å². The van der Waals surface area contributed by atoms with Crippen LogP contribution in [0.2, 0.25) is 0 Å². The maximum atomic E-state index is 14.0. The van der Waals surface area contributed by atoms with Crippen molar-refractivity contribution >= 4 is 33.5 Å². The number of nitrogens with zero attached hydrogens (tertiary/aromatic N) is 1. The zero-order valence-corrected chi connectivity index (χ0v) is 25.6. The number of benzene rings is 1. The Morgan fingerprint density at radius 3 is 2.26 bits per heavy atom. The maximum Gasteiger partial charge on any atom is 0.244 e. The standard InChI is InChI=1S/C29H43N5O8S/c1-19(32-24(35)17-34-11-13-41-14-12-34)26(37)33-29(27(30)38,16-21-7-9-22(10-8-21)43(31,39)40)23(15-20-5-3-4-6-20)25(36)28(2)18-42-28/h7-10,19-20,23H,3-6,11-18H2,1-2H3,(H2,30,38)(H,32,35)(H,33,37)(H2,31,39,40)/t19-,23+,28+,29?/m0/s1. The maximum absolute atomic E-state index is 14.0. The van der Waals surface area contributed by atoms with Crippen LogP contribution in [0.3, 0.4) is 0 Å². The van der Waals surface area contributed by atoms with Crippen LogP contribution < -0.4 is 21.5 Å². The third-order valence-electron chi connectivity index (χ3n) is 8.82. The molecule has 1 saturated carbocycles. The largest absolute Gasteiger partial charge is 0.379 e. The van der Waals surface area contributed by atoms with Crippen molar-refractivity contribution in [2.24, 2.45) is 22.7 Å². The number of morpholine rings is 1. The van der Waals surface area contributed by atoms with E-state index in [1.165, 1.54) is 31.2 Å². The third-order valence-corrected chi connectivity index (χ3v) is 9.75. The van der Waals surface area contributed by atoms with Crippen molar-refractivity contribution < 1.29 is 37.1 Å². The zero-order chi connectivity index (χ0) is 31.4. The van der Waals surface area contributed by atoms with E-state index in [1.807, 2.05) is 4.90 Å². The van der Waals surface area contributed by atoms with E-state index in [2.05, 4.69) is 10.6 Å². The second-order valence-electron chi connectivity index (χ2n) is 12.2. The fourth-order valence-corrected chi connectivity index (χ4v) is 6.58. The Hall–Kier alpha value is -2.91. The molecule has 14 heteroatoms. The predicted octanol–water partition coefficient (Wildman–Crippen LogP) is -0.392. The number of sulfonamides is 1. The van der Waals surface area contributed by atoms with Crippen LogP contribution >= 0.6 is 0 Å². The SMILES string of the molecule is C[C@H](NC(=O)CN1CCOCC1)C(=O)NC(Cc1ccc(S(N)(=O)=O)cc1)(C(N)=O)[C@H](CC1CCCC1)C(=O)[C@@]1(C)CO1. The topological polar surface area (TPSA) is 204 Å². The molecule has 4 rings (SSSR count). The van der Waals surface area contributed by atoms with Crippen LogP contribution in [0.1, 0.15) is 51.5 Å². The summed E-state index contributed by atoms with van der Waals surface area (Å²) < 4.78 is 34.5. The Morgan fingerprint density at radius 1 is 1.12 bits per heavy atom. The molecule has 1 unspecified atom stereocenters. The highest BCUT2D eigenvalue weighted by Crippen LogP contribution is 2.41. The lowest BCUT2D eigenvalue weighted by Crippen LogP contribution is -2.68. The minimum atomic E-state index is -3.97. The van der Waals surface area contributed by atoms with E-state index in [9.17, 15) is 27.6 Å². The molecule has 3 amide bonds. The van der Waals surface area contributed by atoms with E-state index < -0.39 is 44.9 Å². The van der Waals surface area contributed by atoms with Gasteiger partial charge in [-0.2, -0.15) is 0 Å². The van der Waals surface area contributed by atoms with Crippen LogP contribution in [0.25, 0.3) is 0 Å². The number of hydrogen-bond acceptors (Lipinski definition) is 9. The summed E-state index contributed by atoms with van der Waals surface area (Å²) in [6, 6.07) is 4.50. The summed E-state index contributed by atoms with van der Waals surface area (Å²) in [4.78, 5) is 55.8. The van der Waals surface area contributed by atoms with Crippen LogP contribution in [-0.4, -0.2) is 93.5 Å². The molecule has 238 valence electrons. The van der Waals surface area contributed by atoms with Gasteiger partial charge in [-0.05, 0) is 43.9 Å². The van der Waals surface area contributed by atoms with Gasteiger partial charge in [0.05, 0.1) is 37.2 Å². The average Bonchev–Trinajstić information content (AvgIpc) is 3.49. The van der Waals surface area contributed by atoms with Crippen molar-refractivity contribution in [3.8, 4) is 0 Å². The molecule has 6 N–H and O–H groups in total. The lowest BCUT2D eigenvalue weighted by molar-refractivity contribution is -0.142. The van der Waals surface area contributed by atoms with Crippen molar-refractivity contribution in [2.45, 2.75) is 74.4 Å². The van der Waals surface area contributed by atoms with Crippen molar-refractivity contribution in [1.29, 1.82) is 0 Å². The van der Waals surface area contributed by atoms with Gasteiger partial charge in [-0.25, -0.2) is 13.6 Å². The first-order valence-electron chi connectivity index (χ1n) is 14.7. The molecule has 2 heterocycles. The number of hydrogen-bond donors (Lipinski definition) is 4. The van der Waals surface area contributed by atoms with E-state index in [1.54, 1.807) is 6.92 Å². The van der Waals surface area contributed by atoms with E-state index in [-0.39, 0.29) is 42.1 Å². The summed E-state index contributed by atoms with van der Waals surface area (Å²) in [5.74, 6) is -3.18. The minimum absolute atomic E-state index is 0.0802. The molecule has 2 saturated heterocycles. The van der Waals surface area contributed by atoms with Crippen LogP contribution in [0, 0.1) is 11.8 Å². The molecular weight excluding hydrogens is 578 g/mol. The summed E-state index contributed by atoms with van der Waals surface area (Å²) >= 11 is 0. The number of ether oxygens (including phenoxy) is 2. The van der Waals surface area contributed by atoms with Crippen molar-refractivity contribution in [1.82, 2.24) is 15.5 Å². The number of nitrogens with two attached hydrogens (primary N) is 2. The molecule has 13 nitrogen and oxygen atoms in total. The van der Waals surface area contributed by atoms with Gasteiger partial charge >= 0.3 is 0 Å². The first-order valence-corrected chi connectivity index (χ1v) is 16.3. The van der Waals surface area contributed by atoms with Crippen LogP contribution in [-0.2, 0) is 45.1 Å². The summed E-state index contributed by atoms with van der Waals surface area (Å²) in [5.41, 5.74) is 3.56. The van der Waals surface area contributed by atoms with Crippen molar-refractivity contribution in [3.05, 3.63) is 29.8 Å². The summed E-state index contributed by atoms with van der Waals surface area (Å²) in [5, 5.41) is 10.7. The molecule has 0 spiro atoms. The smallest absolute Gasteiger partial charge is 0.244 e. The van der Waals surface area contributed by atoms with Gasteiger partial charge in [0.2, 0.25) is 27.7 Å². The molecule has 1 aromatic rings. The predicted molar refractivity (Wildman–Crippen MR) is 156 cm³/mol. The molecule has 1 aliphatic carbocycles. The molecule has 0 radical (unpaired) electrons. The highest BCUT2D eigenvalue weighted by molar-refractivity contribution is 7.89. The molecule has 2 aliphatic heterocycles. The van der Waals surface area contributed by atoms with Gasteiger partial charge < -0.3 is 25.8 Å². The molecular formula is C29H43N5O8S. The third kappa shape index (κ3) is 8.18. The molecule has 1 aromatic carbocycles. The van der Waals surface area contributed by atoms with E-state index in [0.29, 0.717) is 38.3 Å². The van der Waals surface area contributed by atoms with Crippen molar-refractivity contribution in [2.75, 3.05) is 39.5 Å². The first-order chi connectivity index (χ1) is 20.2. The number of nitrogens with one attached hydrogen (secondary N) is 2. The second-order valence-corrected chi connectivity index (χ2v) is 13.8. The van der Waals surface area contributed by atoms with E-state index in [0.717, 1.165) is 25.7 Å². The highest BCUT2D eigenvalue weighted by atomic mass is 32.2. The van der Waals surface area contributed by atoms with Crippen LogP contribution in [0.15, 0.2) is 29.2 Å². The van der Waals surface area contributed by atoms with E-state index in [4.69, 9.17) is 20.3 Å². The van der Waals surface area contributed by atoms with Gasteiger partial charge in [0, 0.05) is 19.5 Å². The second kappa shape index (κ2) is 13.4. The number of amides is 3. The number of Topliss-reactive ketones (excluding diaryl/α,β-unsaturated/α-hetero) is 1. The summed E-state index contributed by atoms with van der Waals surface area (Å²) in [6.45, 7) is 5.63. The summed E-state index contributed by atoms with van der Waals surface area (Å²) in [6.07, 6.45) is 3.87. The van der Waals surface area contributed by atoms with Crippen molar-refractivity contribution in [3.63, 3.8) is 0 Å². The minimum Gasteiger partial charge on any atom is -0.379 e. The molecule has 43 heavy (non-hydrogen) atoms. The molecule has 4 atom stereocenters. The Morgan fingerprint density at radius 2 is 1.72 bits per heavy atom. The average molecular weight is 622 g/mol. The number of primary amides is 1. The molecule has 0 bridgehead atoms. The number of rotatable bonds is 14. The number of epoxide rings is 1. The first kappa shape index (κ1) is 33.0. The Kier molecular flexibility index (Phi) is 10.3. The van der Waals surface area contributed by atoms with Crippen LogP contribution in [0.5, 0.6) is 0 Å². The highest BCUT2D eigenvalue weighted by Gasteiger charge is 2.58. The fourth-order valence-electron chi connectivity index (χ4n) is 6.07. The Bertz CT molecular complexity index is 1300. The fraction of sp³-hybridized carbons (Fsp3) is 0.655. The van der Waals surface area contributed by atoms with Gasteiger partial charge in [0.15, 0.2) is 5.78 Å². The Balaban J connectivity index is 1.65. The molecule has 3 aliphatic rings. The lowest BCUT2D eigenvalue weighted by Gasteiger charge is -2.40. The molecule has 0 aromatic heterocycles. The lowest BCUT2D eigenvalue weighted by atomic mass is 9.69. The normalized spacial score (nSPS) is 24.0. The number of carbonyl (C=O) groups excluding carboxylic acids is 4. The summed E-state index contributed by atoms with van der Waals surface area (Å²) in [7, 11) is -3.97. The number of ketones is 1. The number of carbonyl (C=O) groups is 4. The quantitative estimate of drug-likeness (QED) is 0.199. The van der Waals surface area contributed by atoms with Gasteiger partial charge in [-0.3, -0.25) is 24.1 Å². The monoisotopic (exact) mass is 621 g/mol. The van der Waals surface area contributed by atoms with Gasteiger partial charge in [-0.1, -0.05) is 37.8 Å². The molecule has 3 fully saturated rings. The zero-order valence-electron chi connectivity index (χ0n) is 24.8. The van der Waals surface area contributed by atoms with Gasteiger partial charge in [0.25, 0.3) is 0 Å². The van der Waals surface area contributed by atoms with Crippen LogP contribution in [0.4, 0.5) is 0 Å². The Labute approximate surface area is 252 Å².